The molecule has 0 radical (unpaired) electrons. The van der Waals surface area contributed by atoms with E-state index in [4.69, 9.17) is 0 Å². The highest BCUT2D eigenvalue weighted by Crippen LogP contribution is 2.21. The van der Waals surface area contributed by atoms with E-state index < -0.39 is 35.8 Å². The minimum atomic E-state index is -0.929. The van der Waals surface area contributed by atoms with Gasteiger partial charge >= 0.3 is 0 Å². The third-order valence-corrected chi connectivity index (χ3v) is 6.19. The zero-order chi connectivity index (χ0) is 24.1. The second-order valence-corrected chi connectivity index (χ2v) is 8.65. The molecule has 3 atom stereocenters. The van der Waals surface area contributed by atoms with Gasteiger partial charge in [-0.15, -0.1) is 0 Å². The van der Waals surface area contributed by atoms with Gasteiger partial charge in [-0.3, -0.25) is 19.2 Å². The maximum Gasteiger partial charge on any atom is 0.246 e. The Bertz CT molecular complexity index is 1060. The molecule has 0 aliphatic carbocycles. The molecule has 9 nitrogen and oxygen atoms in total. The van der Waals surface area contributed by atoms with E-state index in [0.29, 0.717) is 19.4 Å². The Labute approximate surface area is 197 Å². The summed E-state index contributed by atoms with van der Waals surface area (Å²) >= 11 is 0. The number of fused-ring (bicyclic) bond motifs is 1. The summed E-state index contributed by atoms with van der Waals surface area (Å²) in [4.78, 5) is 53.6. The second-order valence-electron chi connectivity index (χ2n) is 8.65. The number of amides is 4. The first-order valence-corrected chi connectivity index (χ1v) is 11.4. The Hall–Kier alpha value is -3.88. The van der Waals surface area contributed by atoms with Crippen LogP contribution in [0.5, 0.6) is 5.75 Å². The average molecular weight is 465 g/mol. The number of carbonyl (C=O) groups excluding carboxylic acids is 4. The van der Waals surface area contributed by atoms with E-state index in [1.807, 2.05) is 30.3 Å². The van der Waals surface area contributed by atoms with Crippen molar-refractivity contribution in [2.45, 2.75) is 43.8 Å². The molecule has 2 fully saturated rings. The number of aromatic hydroxyl groups is 1. The SMILES string of the molecule is O=C1CNC(=O)[C@H](Cc2ccc(O)cc2)NC(=O)[C@@H]2CCCN2C(=O)[C@H](Cc2ccccc2)N1. The van der Waals surface area contributed by atoms with Crippen molar-refractivity contribution in [1.29, 1.82) is 0 Å². The molecule has 4 N–H and O–H groups in total. The van der Waals surface area contributed by atoms with Crippen LogP contribution >= 0.6 is 0 Å². The highest BCUT2D eigenvalue weighted by molar-refractivity contribution is 5.97. The van der Waals surface area contributed by atoms with Gasteiger partial charge in [0.1, 0.15) is 23.9 Å². The Morgan fingerprint density at radius 3 is 2.24 bits per heavy atom. The number of hydrogen-bond acceptors (Lipinski definition) is 5. The molecular weight excluding hydrogens is 436 g/mol. The van der Waals surface area contributed by atoms with Crippen LogP contribution in [-0.2, 0) is 32.0 Å². The maximum atomic E-state index is 13.4. The number of rotatable bonds is 4. The lowest BCUT2D eigenvalue weighted by molar-refractivity contribution is -0.142. The number of phenolic OH excluding ortho intramolecular Hbond substituents is 1. The fraction of sp³-hybridized carbons (Fsp3) is 0.360. The van der Waals surface area contributed by atoms with Crippen LogP contribution in [0.25, 0.3) is 0 Å². The standard InChI is InChI=1S/C25H28N4O5/c30-18-10-8-17(9-11-18)13-19-23(32)26-15-22(31)27-20(14-16-5-2-1-3-6-16)25(34)29-12-4-7-21(29)24(33)28-19/h1-3,5-6,8-11,19-21,30H,4,7,12-15H2,(H,26,32)(H,27,31)(H,28,33)/t19-,20-,21-/m0/s1. The Morgan fingerprint density at radius 2 is 1.50 bits per heavy atom. The number of carbonyl (C=O) groups is 4. The van der Waals surface area contributed by atoms with Gasteiger partial charge in [0, 0.05) is 19.4 Å². The van der Waals surface area contributed by atoms with E-state index in [9.17, 15) is 24.3 Å². The topological polar surface area (TPSA) is 128 Å². The van der Waals surface area contributed by atoms with E-state index in [1.165, 1.54) is 17.0 Å². The monoisotopic (exact) mass is 464 g/mol. The molecule has 0 aromatic heterocycles. The summed E-state index contributed by atoms with van der Waals surface area (Å²) in [7, 11) is 0. The number of benzene rings is 2. The van der Waals surface area contributed by atoms with Gasteiger partial charge in [0.05, 0.1) is 6.54 Å². The van der Waals surface area contributed by atoms with Gasteiger partial charge in [-0.2, -0.15) is 0 Å². The summed E-state index contributed by atoms with van der Waals surface area (Å²) in [5, 5.41) is 17.6. The molecule has 2 saturated heterocycles. The minimum absolute atomic E-state index is 0.0952. The third kappa shape index (κ3) is 5.54. The molecule has 0 bridgehead atoms. The molecule has 2 aliphatic rings. The van der Waals surface area contributed by atoms with Gasteiger partial charge < -0.3 is 26.0 Å². The van der Waals surface area contributed by atoms with Gasteiger partial charge in [-0.05, 0) is 36.1 Å². The number of nitrogens with one attached hydrogen (secondary N) is 3. The summed E-state index contributed by atoms with van der Waals surface area (Å²) in [6, 6.07) is 13.2. The Kier molecular flexibility index (Phi) is 7.10. The quantitative estimate of drug-likeness (QED) is 0.517. The summed E-state index contributed by atoms with van der Waals surface area (Å²) in [6.45, 7) is 0.0929. The van der Waals surface area contributed by atoms with E-state index in [-0.39, 0.29) is 31.0 Å². The smallest absolute Gasteiger partial charge is 0.246 e. The molecular formula is C25H28N4O5. The largest absolute Gasteiger partial charge is 0.508 e. The fourth-order valence-corrected chi connectivity index (χ4v) is 4.43. The average Bonchev–Trinajstić information content (AvgIpc) is 3.33. The van der Waals surface area contributed by atoms with Crippen molar-refractivity contribution in [3.05, 3.63) is 65.7 Å². The van der Waals surface area contributed by atoms with Crippen molar-refractivity contribution in [2.24, 2.45) is 0 Å². The molecule has 0 spiro atoms. The first kappa shape index (κ1) is 23.3. The third-order valence-electron chi connectivity index (χ3n) is 6.19. The normalized spacial score (nSPS) is 23.8. The van der Waals surface area contributed by atoms with E-state index in [0.717, 1.165) is 11.1 Å². The van der Waals surface area contributed by atoms with Gasteiger partial charge in [0.25, 0.3) is 0 Å². The summed E-state index contributed by atoms with van der Waals surface area (Å²) in [5.74, 6) is -1.58. The van der Waals surface area contributed by atoms with E-state index >= 15 is 0 Å². The molecule has 2 heterocycles. The number of phenols is 1. The molecule has 34 heavy (non-hydrogen) atoms. The fourth-order valence-electron chi connectivity index (χ4n) is 4.43. The van der Waals surface area contributed by atoms with Crippen molar-refractivity contribution < 1.29 is 24.3 Å². The number of hydrogen-bond donors (Lipinski definition) is 4. The van der Waals surface area contributed by atoms with Gasteiger partial charge in [-0.1, -0.05) is 42.5 Å². The van der Waals surface area contributed by atoms with Crippen molar-refractivity contribution in [3.8, 4) is 5.75 Å². The Morgan fingerprint density at radius 1 is 0.824 bits per heavy atom. The van der Waals surface area contributed by atoms with E-state index in [2.05, 4.69) is 16.0 Å². The molecule has 4 amide bonds. The lowest BCUT2D eigenvalue weighted by Crippen LogP contribution is -2.59. The molecule has 4 rings (SSSR count). The summed E-state index contributed by atoms with van der Waals surface area (Å²) in [6.07, 6.45) is 1.60. The zero-order valence-electron chi connectivity index (χ0n) is 18.7. The van der Waals surface area contributed by atoms with Crippen LogP contribution in [0.3, 0.4) is 0 Å². The van der Waals surface area contributed by atoms with E-state index in [1.54, 1.807) is 12.1 Å². The molecule has 0 unspecified atom stereocenters. The Balaban J connectivity index is 1.57. The van der Waals surface area contributed by atoms with Gasteiger partial charge in [0.2, 0.25) is 23.6 Å². The predicted molar refractivity (Wildman–Crippen MR) is 124 cm³/mol. The summed E-state index contributed by atoms with van der Waals surface area (Å²) in [5.41, 5.74) is 1.61. The molecule has 9 heteroatoms. The van der Waals surface area contributed by atoms with Crippen molar-refractivity contribution >= 4 is 23.6 Å². The van der Waals surface area contributed by atoms with Crippen LogP contribution in [0.4, 0.5) is 0 Å². The van der Waals surface area contributed by atoms with Crippen molar-refractivity contribution in [1.82, 2.24) is 20.9 Å². The lowest BCUT2D eigenvalue weighted by Gasteiger charge is -2.31. The highest BCUT2D eigenvalue weighted by atomic mass is 16.3. The maximum absolute atomic E-state index is 13.4. The molecule has 2 aliphatic heterocycles. The van der Waals surface area contributed by atoms with Gasteiger partial charge in [0.15, 0.2) is 0 Å². The van der Waals surface area contributed by atoms with Crippen LogP contribution in [-0.4, -0.2) is 64.9 Å². The first-order valence-electron chi connectivity index (χ1n) is 11.4. The molecule has 2 aromatic rings. The highest BCUT2D eigenvalue weighted by Gasteiger charge is 2.39. The van der Waals surface area contributed by atoms with Crippen molar-refractivity contribution in [3.63, 3.8) is 0 Å². The molecule has 2 aromatic carbocycles. The van der Waals surface area contributed by atoms with Crippen LogP contribution in [0.1, 0.15) is 24.0 Å². The van der Waals surface area contributed by atoms with Crippen molar-refractivity contribution in [2.75, 3.05) is 13.1 Å². The zero-order valence-corrected chi connectivity index (χ0v) is 18.7. The van der Waals surface area contributed by atoms with Crippen LogP contribution in [0.2, 0.25) is 0 Å². The predicted octanol–water partition coefficient (Wildman–Crippen LogP) is 0.268. The van der Waals surface area contributed by atoms with Gasteiger partial charge in [-0.25, -0.2) is 0 Å². The minimum Gasteiger partial charge on any atom is -0.508 e. The molecule has 178 valence electrons. The number of nitrogens with zero attached hydrogens (tertiary/aromatic N) is 1. The molecule has 0 saturated carbocycles. The van der Waals surface area contributed by atoms with Crippen LogP contribution < -0.4 is 16.0 Å². The summed E-state index contributed by atoms with van der Waals surface area (Å²) < 4.78 is 0. The second kappa shape index (κ2) is 10.4. The van der Waals surface area contributed by atoms with Crippen LogP contribution in [0, 0.1) is 0 Å². The lowest BCUT2D eigenvalue weighted by atomic mass is 10.0. The van der Waals surface area contributed by atoms with Crippen LogP contribution in [0.15, 0.2) is 54.6 Å². The first-order chi connectivity index (χ1) is 16.4.